The topological polar surface area (TPSA) is 121 Å². The summed E-state index contributed by atoms with van der Waals surface area (Å²) in [5.74, 6) is -1.95. The van der Waals surface area contributed by atoms with Gasteiger partial charge in [-0.25, -0.2) is 4.98 Å². The van der Waals surface area contributed by atoms with E-state index in [0.29, 0.717) is 29.1 Å². The predicted octanol–water partition coefficient (Wildman–Crippen LogP) is 5.46. The second kappa shape index (κ2) is 10.1. The van der Waals surface area contributed by atoms with E-state index in [9.17, 15) is 22.8 Å². The normalized spacial score (nSPS) is 12.8. The van der Waals surface area contributed by atoms with Crippen LogP contribution in [0.4, 0.5) is 18.9 Å². The van der Waals surface area contributed by atoms with Crippen LogP contribution in [-0.4, -0.2) is 36.4 Å². The highest BCUT2D eigenvalue weighted by Gasteiger charge is 2.35. The number of nitrogens with zero attached hydrogens (tertiary/aromatic N) is 5. The number of thiophene rings is 1. The molecule has 0 aromatic carbocycles. The van der Waals surface area contributed by atoms with Crippen LogP contribution in [0, 0.1) is 26.7 Å². The van der Waals surface area contributed by atoms with Crippen molar-refractivity contribution >= 4 is 55.0 Å². The zero-order chi connectivity index (χ0) is 28.1. The number of aromatic nitrogens is 5. The number of nitrogens with one attached hydrogen (secondary N) is 1. The molecule has 1 unspecified atom stereocenters. The van der Waals surface area contributed by atoms with E-state index in [2.05, 4.69) is 36.4 Å². The van der Waals surface area contributed by atoms with Crippen molar-refractivity contribution in [3.63, 3.8) is 0 Å². The molecule has 0 aliphatic carbocycles. The zero-order valence-corrected chi connectivity index (χ0v) is 23.6. The summed E-state index contributed by atoms with van der Waals surface area (Å²) in [5.41, 5.74) is 7.32. The largest absolute Gasteiger partial charge is 0.433 e. The minimum atomic E-state index is -4.74. The lowest BCUT2D eigenvalue weighted by molar-refractivity contribution is -0.140. The van der Waals surface area contributed by atoms with Crippen LogP contribution in [0.3, 0.4) is 0 Å². The maximum atomic E-state index is 13.8. The molecule has 38 heavy (non-hydrogen) atoms. The van der Waals surface area contributed by atoms with E-state index in [0.717, 1.165) is 21.9 Å². The first-order valence-corrected chi connectivity index (χ1v) is 13.2. The van der Waals surface area contributed by atoms with Gasteiger partial charge in [-0.3, -0.25) is 19.0 Å². The first-order valence-electron chi connectivity index (χ1n) is 11.6. The Morgan fingerprint density at radius 1 is 1.18 bits per heavy atom. The molecule has 14 heteroatoms. The number of fused-ring (bicyclic) bond motifs is 1. The Bertz CT molecular complexity index is 1570. The Morgan fingerprint density at radius 2 is 1.87 bits per heavy atom. The van der Waals surface area contributed by atoms with Gasteiger partial charge >= 0.3 is 6.18 Å². The van der Waals surface area contributed by atoms with Crippen LogP contribution in [0.15, 0.2) is 16.7 Å². The molecular formula is C24H25BrF3N7O2S. The van der Waals surface area contributed by atoms with Gasteiger partial charge < -0.3 is 11.1 Å². The van der Waals surface area contributed by atoms with E-state index in [1.54, 1.807) is 23.2 Å². The number of anilines is 1. The van der Waals surface area contributed by atoms with Crippen LogP contribution in [0.1, 0.15) is 46.3 Å². The molecule has 4 heterocycles. The average molecular weight is 612 g/mol. The van der Waals surface area contributed by atoms with Crippen molar-refractivity contribution < 1.29 is 22.8 Å². The molecule has 0 bridgehead atoms. The highest BCUT2D eigenvalue weighted by atomic mass is 79.9. The van der Waals surface area contributed by atoms with Crippen molar-refractivity contribution in [1.29, 1.82) is 0 Å². The van der Waals surface area contributed by atoms with Crippen molar-refractivity contribution in [1.82, 2.24) is 24.5 Å². The Kier molecular flexibility index (Phi) is 7.40. The molecule has 0 aliphatic rings. The quantitative estimate of drug-likeness (QED) is 0.287. The van der Waals surface area contributed by atoms with Crippen LogP contribution in [-0.2, 0) is 24.1 Å². The Hall–Kier alpha value is -3.26. The SMILES string of the molecule is CCn1ncc(-c2cc(C(F)(F)F)nc3sc(C(N)=O)c(NC(=O)C(C)Cn4nc(C)c(Br)c4C)c23)c1C. The summed E-state index contributed by atoms with van der Waals surface area (Å²) in [7, 11) is 0. The lowest BCUT2D eigenvalue weighted by Crippen LogP contribution is -2.26. The van der Waals surface area contributed by atoms with Gasteiger partial charge in [-0.15, -0.1) is 11.3 Å². The molecule has 0 spiro atoms. The minimum absolute atomic E-state index is 0.0313. The summed E-state index contributed by atoms with van der Waals surface area (Å²) in [5, 5.41) is 11.6. The lowest BCUT2D eigenvalue weighted by Gasteiger charge is -2.15. The number of rotatable bonds is 7. The molecule has 1 atom stereocenters. The summed E-state index contributed by atoms with van der Waals surface area (Å²) in [6.07, 6.45) is -3.27. The molecule has 0 fully saturated rings. The van der Waals surface area contributed by atoms with E-state index in [1.807, 2.05) is 20.8 Å². The lowest BCUT2D eigenvalue weighted by atomic mass is 10.0. The number of primary amides is 1. The third kappa shape index (κ3) is 4.94. The first-order chi connectivity index (χ1) is 17.7. The number of hydrogen-bond acceptors (Lipinski definition) is 6. The number of aryl methyl sites for hydroxylation is 2. The molecule has 4 aromatic rings. The predicted molar refractivity (Wildman–Crippen MR) is 142 cm³/mol. The molecule has 202 valence electrons. The highest BCUT2D eigenvalue weighted by Crippen LogP contribution is 2.44. The highest BCUT2D eigenvalue weighted by molar-refractivity contribution is 9.10. The second-order valence-electron chi connectivity index (χ2n) is 8.92. The number of alkyl halides is 3. The van der Waals surface area contributed by atoms with E-state index in [4.69, 9.17) is 5.73 Å². The number of pyridine rings is 1. The van der Waals surface area contributed by atoms with Gasteiger partial charge in [0.25, 0.3) is 5.91 Å². The van der Waals surface area contributed by atoms with E-state index >= 15 is 0 Å². The average Bonchev–Trinajstić information content (AvgIpc) is 3.48. The van der Waals surface area contributed by atoms with Gasteiger partial charge in [0.2, 0.25) is 5.91 Å². The third-order valence-corrected chi connectivity index (χ3v) is 8.55. The van der Waals surface area contributed by atoms with Crippen molar-refractivity contribution in [2.45, 2.75) is 53.9 Å². The van der Waals surface area contributed by atoms with E-state index in [-0.39, 0.29) is 32.9 Å². The molecular weight excluding hydrogens is 587 g/mol. The summed E-state index contributed by atoms with van der Waals surface area (Å²) in [4.78, 5) is 29.3. The molecule has 0 aliphatic heterocycles. The number of nitrogens with two attached hydrogens (primary N) is 1. The first kappa shape index (κ1) is 27.8. The molecule has 2 amide bonds. The zero-order valence-electron chi connectivity index (χ0n) is 21.2. The van der Waals surface area contributed by atoms with E-state index < -0.39 is 29.6 Å². The molecule has 4 aromatic heterocycles. The van der Waals surface area contributed by atoms with Crippen molar-refractivity contribution in [3.8, 4) is 11.1 Å². The summed E-state index contributed by atoms with van der Waals surface area (Å²) in [6.45, 7) is 9.73. The van der Waals surface area contributed by atoms with Gasteiger partial charge in [-0.2, -0.15) is 23.4 Å². The number of hydrogen-bond donors (Lipinski definition) is 2. The minimum Gasteiger partial charge on any atom is -0.365 e. The second-order valence-corrected chi connectivity index (χ2v) is 10.7. The van der Waals surface area contributed by atoms with Gasteiger partial charge in [0.1, 0.15) is 15.4 Å². The fraction of sp³-hybridized carbons (Fsp3) is 0.375. The number of carbonyl (C=O) groups is 2. The monoisotopic (exact) mass is 611 g/mol. The molecule has 4 rings (SSSR count). The van der Waals surface area contributed by atoms with Gasteiger partial charge in [0.05, 0.1) is 34.5 Å². The molecule has 0 saturated carbocycles. The van der Waals surface area contributed by atoms with Crippen molar-refractivity contribution in [2.24, 2.45) is 11.7 Å². The van der Waals surface area contributed by atoms with Crippen LogP contribution in [0.5, 0.6) is 0 Å². The molecule has 9 nitrogen and oxygen atoms in total. The Labute approximate surface area is 228 Å². The Morgan fingerprint density at radius 3 is 2.39 bits per heavy atom. The van der Waals surface area contributed by atoms with Gasteiger partial charge in [-0.1, -0.05) is 6.92 Å². The van der Waals surface area contributed by atoms with Crippen LogP contribution in [0.25, 0.3) is 21.3 Å². The fourth-order valence-corrected chi connectivity index (χ4v) is 5.51. The van der Waals surface area contributed by atoms with Gasteiger partial charge in [0, 0.05) is 28.9 Å². The standard InChI is InChI=1S/C24H25BrF3N7O2S/c1-6-34-12(4)15(8-30-34)14-7-16(24(26,27)28)31-23-17(14)19(20(38-23)21(29)36)32-22(37)10(2)9-35-13(5)18(25)11(3)33-35/h7-8,10H,6,9H2,1-5H3,(H2,29,36)(H,32,37). The Balaban J connectivity index is 1.86. The fourth-order valence-electron chi connectivity index (χ4n) is 4.22. The van der Waals surface area contributed by atoms with Crippen molar-refractivity contribution in [2.75, 3.05) is 5.32 Å². The van der Waals surface area contributed by atoms with Crippen LogP contribution < -0.4 is 11.1 Å². The third-order valence-electron chi connectivity index (χ3n) is 6.30. The maximum Gasteiger partial charge on any atom is 0.433 e. The number of halogens is 4. The van der Waals surface area contributed by atoms with Crippen LogP contribution in [0.2, 0.25) is 0 Å². The molecule has 0 saturated heterocycles. The van der Waals surface area contributed by atoms with Gasteiger partial charge in [0.15, 0.2) is 0 Å². The molecule has 0 radical (unpaired) electrons. The molecule has 3 N–H and O–H groups in total. The van der Waals surface area contributed by atoms with Crippen LogP contribution >= 0.6 is 27.3 Å². The number of carbonyl (C=O) groups excluding carboxylic acids is 2. The van der Waals surface area contributed by atoms with Gasteiger partial charge in [-0.05, 0) is 55.3 Å². The summed E-state index contributed by atoms with van der Waals surface area (Å²) < 4.78 is 45.5. The smallest absolute Gasteiger partial charge is 0.365 e. The van der Waals surface area contributed by atoms with Crippen molar-refractivity contribution in [3.05, 3.63) is 44.4 Å². The number of amides is 2. The maximum absolute atomic E-state index is 13.8. The summed E-state index contributed by atoms with van der Waals surface area (Å²) in [6, 6.07) is 0.913. The summed E-state index contributed by atoms with van der Waals surface area (Å²) >= 11 is 4.17. The van der Waals surface area contributed by atoms with E-state index in [1.165, 1.54) is 6.20 Å².